The normalized spacial score (nSPS) is 14.7. The minimum absolute atomic E-state index is 0.0220. The van der Waals surface area contributed by atoms with Crippen LogP contribution in [0.2, 0.25) is 0 Å². The number of rotatable bonds is 5. The Balaban J connectivity index is 1.32. The van der Waals surface area contributed by atoms with Crippen LogP contribution in [0.4, 0.5) is 0 Å². The largest absolute Gasteiger partial charge is 0.494 e. The summed E-state index contributed by atoms with van der Waals surface area (Å²) in [6.07, 6.45) is 1.49. The first kappa shape index (κ1) is 20.0. The van der Waals surface area contributed by atoms with E-state index in [-0.39, 0.29) is 17.9 Å². The number of nitrogens with zero attached hydrogens (tertiary/aromatic N) is 1. The molecule has 1 aliphatic heterocycles. The van der Waals surface area contributed by atoms with Crippen molar-refractivity contribution in [2.75, 3.05) is 19.7 Å². The molecule has 0 saturated carbocycles. The van der Waals surface area contributed by atoms with Gasteiger partial charge in [-0.2, -0.15) is 0 Å². The van der Waals surface area contributed by atoms with Gasteiger partial charge in [-0.3, -0.25) is 9.59 Å². The van der Waals surface area contributed by atoms with Crippen LogP contribution >= 0.6 is 0 Å². The number of fused-ring (bicyclic) bond motifs is 1. The van der Waals surface area contributed by atoms with Crippen LogP contribution in [0.15, 0.2) is 48.5 Å². The van der Waals surface area contributed by atoms with Crippen LogP contribution in [0.1, 0.15) is 46.2 Å². The summed E-state index contributed by atoms with van der Waals surface area (Å²) in [5, 5.41) is 4.14. The number of hydrogen-bond acceptors (Lipinski definition) is 3. The monoisotopic (exact) mass is 405 g/mol. The molecule has 0 aliphatic carbocycles. The van der Waals surface area contributed by atoms with E-state index in [9.17, 15) is 9.59 Å². The molecule has 0 spiro atoms. The summed E-state index contributed by atoms with van der Waals surface area (Å²) < 4.78 is 5.43. The first-order chi connectivity index (χ1) is 14.5. The number of hydrogen-bond donors (Lipinski definition) is 2. The topological polar surface area (TPSA) is 74.4 Å². The first-order valence-corrected chi connectivity index (χ1v) is 10.5. The van der Waals surface area contributed by atoms with Crippen LogP contribution in [0.3, 0.4) is 0 Å². The third-order valence-electron chi connectivity index (χ3n) is 5.55. The number of carbonyl (C=O) groups excluding carboxylic acids is 2. The summed E-state index contributed by atoms with van der Waals surface area (Å²) >= 11 is 0. The summed E-state index contributed by atoms with van der Waals surface area (Å²) in [7, 11) is 0. The maximum atomic E-state index is 12.7. The molecule has 30 heavy (non-hydrogen) atoms. The maximum Gasteiger partial charge on any atom is 0.267 e. The Labute approximate surface area is 176 Å². The van der Waals surface area contributed by atoms with Crippen molar-refractivity contribution in [1.82, 2.24) is 15.2 Å². The standard InChI is InChI=1S/C24H27N3O3/c1-3-30-20-8-6-17(7-9-20)24(29)27-12-10-19(11-13-27)25-23(28)22-15-18-5-4-16(2)14-21(18)26-22/h4-9,14-15,19,26H,3,10-13H2,1-2H3,(H,25,28). The van der Waals surface area contributed by atoms with Crippen LogP contribution in [0, 0.1) is 6.92 Å². The van der Waals surface area contributed by atoms with Gasteiger partial charge in [-0.15, -0.1) is 0 Å². The molecule has 0 unspecified atom stereocenters. The highest BCUT2D eigenvalue weighted by Crippen LogP contribution is 2.19. The Bertz CT molecular complexity index is 1050. The fourth-order valence-corrected chi connectivity index (χ4v) is 3.90. The smallest absolute Gasteiger partial charge is 0.267 e. The van der Waals surface area contributed by atoms with Gasteiger partial charge in [0.05, 0.1) is 6.61 Å². The Morgan fingerprint density at radius 3 is 2.53 bits per heavy atom. The molecule has 6 heteroatoms. The van der Waals surface area contributed by atoms with Crippen LogP contribution in [-0.2, 0) is 0 Å². The average molecular weight is 405 g/mol. The summed E-state index contributed by atoms with van der Waals surface area (Å²) in [4.78, 5) is 30.4. The highest BCUT2D eigenvalue weighted by Gasteiger charge is 2.25. The van der Waals surface area contributed by atoms with Crippen molar-refractivity contribution < 1.29 is 14.3 Å². The second-order valence-corrected chi connectivity index (χ2v) is 7.77. The summed E-state index contributed by atoms with van der Waals surface area (Å²) in [6.45, 7) is 5.82. The minimum atomic E-state index is -0.0971. The van der Waals surface area contributed by atoms with E-state index in [0.29, 0.717) is 31.0 Å². The van der Waals surface area contributed by atoms with E-state index in [1.807, 2.05) is 55.1 Å². The van der Waals surface area contributed by atoms with Crippen LogP contribution in [-0.4, -0.2) is 47.4 Å². The molecule has 2 N–H and O–H groups in total. The molecule has 3 aromatic rings. The lowest BCUT2D eigenvalue weighted by Crippen LogP contribution is -2.46. The molecule has 2 amide bonds. The number of nitrogens with one attached hydrogen (secondary N) is 2. The number of aryl methyl sites for hydroxylation is 1. The Morgan fingerprint density at radius 2 is 1.83 bits per heavy atom. The SMILES string of the molecule is CCOc1ccc(C(=O)N2CCC(NC(=O)c3cc4ccc(C)cc4[nH]3)CC2)cc1. The van der Waals surface area contributed by atoms with Gasteiger partial charge in [0.2, 0.25) is 0 Å². The second kappa shape index (κ2) is 8.61. The van der Waals surface area contributed by atoms with E-state index < -0.39 is 0 Å². The van der Waals surface area contributed by atoms with Crippen molar-refractivity contribution in [2.45, 2.75) is 32.7 Å². The maximum absolute atomic E-state index is 12.7. The lowest BCUT2D eigenvalue weighted by atomic mass is 10.0. The second-order valence-electron chi connectivity index (χ2n) is 7.77. The molecular weight excluding hydrogens is 378 g/mol. The molecule has 1 fully saturated rings. The van der Waals surface area contributed by atoms with E-state index in [1.165, 1.54) is 0 Å². The van der Waals surface area contributed by atoms with E-state index >= 15 is 0 Å². The number of carbonyl (C=O) groups is 2. The van der Waals surface area contributed by atoms with Gasteiger partial charge >= 0.3 is 0 Å². The van der Waals surface area contributed by atoms with Crippen molar-refractivity contribution in [3.63, 3.8) is 0 Å². The number of amides is 2. The Hall–Kier alpha value is -3.28. The molecule has 6 nitrogen and oxygen atoms in total. The van der Waals surface area contributed by atoms with E-state index in [2.05, 4.69) is 10.3 Å². The van der Waals surface area contributed by atoms with Gasteiger partial charge in [0, 0.05) is 35.6 Å². The Morgan fingerprint density at radius 1 is 1.10 bits per heavy atom. The quantitative estimate of drug-likeness (QED) is 0.676. The zero-order valence-electron chi connectivity index (χ0n) is 17.4. The van der Waals surface area contributed by atoms with E-state index in [4.69, 9.17) is 4.74 Å². The predicted molar refractivity (Wildman–Crippen MR) is 117 cm³/mol. The first-order valence-electron chi connectivity index (χ1n) is 10.5. The van der Waals surface area contributed by atoms with Crippen LogP contribution in [0.5, 0.6) is 5.75 Å². The molecule has 2 aromatic carbocycles. The molecule has 4 rings (SSSR count). The molecule has 1 aromatic heterocycles. The lowest BCUT2D eigenvalue weighted by Gasteiger charge is -2.32. The number of aromatic nitrogens is 1. The van der Waals surface area contributed by atoms with Crippen molar-refractivity contribution in [3.8, 4) is 5.75 Å². The highest BCUT2D eigenvalue weighted by atomic mass is 16.5. The third-order valence-corrected chi connectivity index (χ3v) is 5.55. The lowest BCUT2D eigenvalue weighted by molar-refractivity contribution is 0.0697. The molecule has 156 valence electrons. The summed E-state index contributed by atoms with van der Waals surface area (Å²) in [5.41, 5.74) is 3.36. The zero-order valence-corrected chi connectivity index (χ0v) is 17.4. The fraction of sp³-hybridized carbons (Fsp3) is 0.333. The molecule has 1 aliphatic rings. The highest BCUT2D eigenvalue weighted by molar-refractivity contribution is 5.98. The van der Waals surface area contributed by atoms with Gasteiger partial charge < -0.3 is 19.9 Å². The molecule has 0 atom stereocenters. The van der Waals surface area contributed by atoms with Crippen molar-refractivity contribution in [1.29, 1.82) is 0 Å². The number of likely N-dealkylation sites (tertiary alicyclic amines) is 1. The molecule has 0 bridgehead atoms. The van der Waals surface area contributed by atoms with Crippen molar-refractivity contribution >= 4 is 22.7 Å². The minimum Gasteiger partial charge on any atom is -0.494 e. The van der Waals surface area contributed by atoms with Gasteiger partial charge in [-0.1, -0.05) is 12.1 Å². The van der Waals surface area contributed by atoms with Gasteiger partial charge in [0.1, 0.15) is 11.4 Å². The van der Waals surface area contributed by atoms with Crippen LogP contribution in [0.25, 0.3) is 10.9 Å². The number of ether oxygens (including phenoxy) is 1. The van der Waals surface area contributed by atoms with E-state index in [0.717, 1.165) is 35.1 Å². The van der Waals surface area contributed by atoms with Crippen LogP contribution < -0.4 is 10.1 Å². The van der Waals surface area contributed by atoms with Gasteiger partial charge in [-0.25, -0.2) is 0 Å². The summed E-state index contributed by atoms with van der Waals surface area (Å²) in [6, 6.07) is 15.3. The number of piperidine rings is 1. The van der Waals surface area contributed by atoms with Gasteiger partial charge in [-0.05, 0) is 68.7 Å². The summed E-state index contributed by atoms with van der Waals surface area (Å²) in [5.74, 6) is 0.691. The Kier molecular flexibility index (Phi) is 5.74. The number of H-pyrrole nitrogens is 1. The third kappa shape index (κ3) is 4.32. The molecular formula is C24H27N3O3. The molecule has 1 saturated heterocycles. The van der Waals surface area contributed by atoms with Gasteiger partial charge in [0.25, 0.3) is 11.8 Å². The van der Waals surface area contributed by atoms with Gasteiger partial charge in [0.15, 0.2) is 0 Å². The average Bonchev–Trinajstić information content (AvgIpc) is 3.18. The van der Waals surface area contributed by atoms with Crippen molar-refractivity contribution in [3.05, 3.63) is 65.4 Å². The zero-order chi connectivity index (χ0) is 21.1. The predicted octanol–water partition coefficient (Wildman–Crippen LogP) is 3.91. The molecule has 0 radical (unpaired) electrons. The van der Waals surface area contributed by atoms with Crippen molar-refractivity contribution in [2.24, 2.45) is 0 Å². The molecule has 2 heterocycles. The number of aromatic amines is 1. The van der Waals surface area contributed by atoms with E-state index in [1.54, 1.807) is 12.1 Å². The number of benzene rings is 2. The fourth-order valence-electron chi connectivity index (χ4n) is 3.90.